The van der Waals surface area contributed by atoms with E-state index in [-0.39, 0.29) is 16.5 Å². The van der Waals surface area contributed by atoms with E-state index in [0.29, 0.717) is 12.3 Å². The first-order valence-electron chi connectivity index (χ1n) is 6.94. The van der Waals surface area contributed by atoms with Gasteiger partial charge in [0.1, 0.15) is 5.82 Å². The molecule has 1 amide bonds. The Labute approximate surface area is 127 Å². The molecule has 0 bridgehead atoms. The number of nitrogens with one attached hydrogen (secondary N) is 1. The number of carboxylic acid groups (broad SMARTS) is 1. The molecule has 0 saturated heterocycles. The Balaban J connectivity index is 2.06. The summed E-state index contributed by atoms with van der Waals surface area (Å²) in [6, 6.07) is 2.47. The second-order valence-corrected chi connectivity index (χ2v) is 5.77. The van der Waals surface area contributed by atoms with E-state index in [2.05, 4.69) is 5.32 Å². The quantitative estimate of drug-likeness (QED) is 0.876. The lowest BCUT2D eigenvalue weighted by atomic mass is 10.0. The van der Waals surface area contributed by atoms with Crippen LogP contribution in [-0.4, -0.2) is 17.0 Å². The SMILES string of the molecule is O=C(CC1CCCC1)NC(C(=O)O)c1ccc(Cl)c(F)c1. The Morgan fingerprint density at radius 3 is 2.62 bits per heavy atom. The van der Waals surface area contributed by atoms with Crippen molar-refractivity contribution in [1.29, 1.82) is 0 Å². The van der Waals surface area contributed by atoms with Crippen molar-refractivity contribution in [2.75, 3.05) is 0 Å². The molecule has 1 aliphatic rings. The maximum atomic E-state index is 13.4. The van der Waals surface area contributed by atoms with Crippen LogP contribution in [0.1, 0.15) is 43.7 Å². The number of benzene rings is 1. The summed E-state index contributed by atoms with van der Waals surface area (Å²) in [6.45, 7) is 0. The highest BCUT2D eigenvalue weighted by Gasteiger charge is 2.25. The van der Waals surface area contributed by atoms with Gasteiger partial charge in [0.15, 0.2) is 6.04 Å². The van der Waals surface area contributed by atoms with E-state index >= 15 is 0 Å². The van der Waals surface area contributed by atoms with Gasteiger partial charge in [0.25, 0.3) is 0 Å². The zero-order valence-corrected chi connectivity index (χ0v) is 12.2. The van der Waals surface area contributed by atoms with Crippen LogP contribution in [0.5, 0.6) is 0 Å². The third kappa shape index (κ3) is 4.17. The van der Waals surface area contributed by atoms with Gasteiger partial charge in [-0.05, 0) is 36.5 Å². The van der Waals surface area contributed by atoms with E-state index in [4.69, 9.17) is 11.6 Å². The van der Waals surface area contributed by atoms with Gasteiger partial charge in [0.2, 0.25) is 5.91 Å². The summed E-state index contributed by atoms with van der Waals surface area (Å²) in [5.74, 6) is -1.92. The highest BCUT2D eigenvalue weighted by atomic mass is 35.5. The number of rotatable bonds is 5. The Morgan fingerprint density at radius 1 is 1.38 bits per heavy atom. The smallest absolute Gasteiger partial charge is 0.330 e. The molecule has 1 saturated carbocycles. The van der Waals surface area contributed by atoms with Gasteiger partial charge in [-0.1, -0.05) is 30.5 Å². The number of aliphatic carboxylic acids is 1. The minimum absolute atomic E-state index is 0.0832. The van der Waals surface area contributed by atoms with Crippen LogP contribution in [0.25, 0.3) is 0 Å². The van der Waals surface area contributed by atoms with Crippen LogP contribution >= 0.6 is 11.6 Å². The molecular formula is C15H17ClFNO3. The molecule has 2 N–H and O–H groups in total. The summed E-state index contributed by atoms with van der Waals surface area (Å²) in [6.07, 6.45) is 4.55. The zero-order valence-electron chi connectivity index (χ0n) is 11.4. The Morgan fingerprint density at radius 2 is 2.05 bits per heavy atom. The van der Waals surface area contributed by atoms with Crippen LogP contribution in [0, 0.1) is 11.7 Å². The molecule has 0 aromatic heterocycles. The van der Waals surface area contributed by atoms with Crippen molar-refractivity contribution in [2.24, 2.45) is 5.92 Å². The summed E-state index contributed by atoms with van der Waals surface area (Å²) in [5.41, 5.74) is 0.171. The first-order chi connectivity index (χ1) is 9.97. The van der Waals surface area contributed by atoms with Crippen molar-refractivity contribution >= 4 is 23.5 Å². The molecule has 1 atom stereocenters. The standard InChI is InChI=1S/C15H17ClFNO3/c16-11-6-5-10(8-12(11)17)14(15(20)21)18-13(19)7-9-3-1-2-4-9/h5-6,8-9,14H,1-4,7H2,(H,18,19)(H,20,21). The molecular weight excluding hydrogens is 297 g/mol. The average molecular weight is 314 g/mol. The number of amides is 1. The number of hydrogen-bond donors (Lipinski definition) is 2. The van der Waals surface area contributed by atoms with Crippen LogP contribution in [0.15, 0.2) is 18.2 Å². The number of halogens is 2. The van der Waals surface area contributed by atoms with Gasteiger partial charge >= 0.3 is 5.97 Å². The molecule has 4 nitrogen and oxygen atoms in total. The molecule has 114 valence electrons. The van der Waals surface area contributed by atoms with E-state index in [1.165, 1.54) is 12.1 Å². The summed E-state index contributed by atoms with van der Waals surface area (Å²) in [4.78, 5) is 23.2. The van der Waals surface area contributed by atoms with Crippen molar-refractivity contribution in [1.82, 2.24) is 5.32 Å². The molecule has 1 aliphatic carbocycles. The number of carbonyl (C=O) groups excluding carboxylic acids is 1. The molecule has 1 aromatic carbocycles. The van der Waals surface area contributed by atoms with Crippen molar-refractivity contribution in [2.45, 2.75) is 38.1 Å². The van der Waals surface area contributed by atoms with E-state index in [1.54, 1.807) is 0 Å². The third-order valence-corrected chi connectivity index (χ3v) is 4.08. The summed E-state index contributed by atoms with van der Waals surface area (Å²) in [5, 5.41) is 11.6. The van der Waals surface area contributed by atoms with E-state index in [9.17, 15) is 19.1 Å². The van der Waals surface area contributed by atoms with Gasteiger partial charge in [0, 0.05) is 6.42 Å². The maximum Gasteiger partial charge on any atom is 0.330 e. The summed E-state index contributed by atoms with van der Waals surface area (Å²) < 4.78 is 13.4. The molecule has 21 heavy (non-hydrogen) atoms. The zero-order chi connectivity index (χ0) is 15.4. The normalized spacial score (nSPS) is 16.7. The van der Waals surface area contributed by atoms with Crippen molar-refractivity contribution < 1.29 is 19.1 Å². The highest BCUT2D eigenvalue weighted by molar-refractivity contribution is 6.30. The monoisotopic (exact) mass is 313 g/mol. The number of hydrogen-bond acceptors (Lipinski definition) is 2. The lowest BCUT2D eigenvalue weighted by molar-refractivity contribution is -0.142. The van der Waals surface area contributed by atoms with Crippen LogP contribution in [0.4, 0.5) is 4.39 Å². The fraction of sp³-hybridized carbons (Fsp3) is 0.467. The number of carbonyl (C=O) groups is 2. The van der Waals surface area contributed by atoms with E-state index in [0.717, 1.165) is 31.7 Å². The van der Waals surface area contributed by atoms with E-state index < -0.39 is 17.8 Å². The van der Waals surface area contributed by atoms with Gasteiger partial charge in [0.05, 0.1) is 5.02 Å². The Bertz CT molecular complexity index is 544. The summed E-state index contributed by atoms with van der Waals surface area (Å²) >= 11 is 5.57. The van der Waals surface area contributed by atoms with E-state index in [1.807, 2.05) is 0 Å². The lowest BCUT2D eigenvalue weighted by Crippen LogP contribution is -2.34. The molecule has 6 heteroatoms. The van der Waals surface area contributed by atoms with Crippen LogP contribution in [0.3, 0.4) is 0 Å². The number of carboxylic acids is 1. The second kappa shape index (κ2) is 6.89. The highest BCUT2D eigenvalue weighted by Crippen LogP contribution is 2.28. The molecule has 1 aromatic rings. The van der Waals surface area contributed by atoms with Crippen LogP contribution in [0.2, 0.25) is 5.02 Å². The minimum Gasteiger partial charge on any atom is -0.479 e. The van der Waals surface area contributed by atoms with Gasteiger partial charge in [-0.25, -0.2) is 9.18 Å². The first-order valence-corrected chi connectivity index (χ1v) is 7.32. The Kier molecular flexibility index (Phi) is 5.17. The molecule has 0 radical (unpaired) electrons. The first kappa shape index (κ1) is 15.8. The van der Waals surface area contributed by atoms with Crippen molar-refractivity contribution in [3.05, 3.63) is 34.6 Å². The van der Waals surface area contributed by atoms with Gasteiger partial charge in [-0.2, -0.15) is 0 Å². The molecule has 0 aliphatic heterocycles. The van der Waals surface area contributed by atoms with Gasteiger partial charge in [-0.3, -0.25) is 4.79 Å². The van der Waals surface area contributed by atoms with Crippen molar-refractivity contribution in [3.8, 4) is 0 Å². The molecule has 1 fully saturated rings. The molecule has 0 spiro atoms. The lowest BCUT2D eigenvalue weighted by Gasteiger charge is -2.17. The van der Waals surface area contributed by atoms with Gasteiger partial charge < -0.3 is 10.4 Å². The predicted molar refractivity (Wildman–Crippen MR) is 76.5 cm³/mol. The van der Waals surface area contributed by atoms with Gasteiger partial charge in [-0.15, -0.1) is 0 Å². The topological polar surface area (TPSA) is 66.4 Å². The van der Waals surface area contributed by atoms with Crippen LogP contribution in [-0.2, 0) is 9.59 Å². The second-order valence-electron chi connectivity index (χ2n) is 5.37. The predicted octanol–water partition coefficient (Wildman–Crippen LogP) is 3.30. The third-order valence-electron chi connectivity index (χ3n) is 3.78. The van der Waals surface area contributed by atoms with Crippen molar-refractivity contribution in [3.63, 3.8) is 0 Å². The molecule has 1 unspecified atom stereocenters. The van der Waals surface area contributed by atoms with Crippen LogP contribution < -0.4 is 5.32 Å². The largest absolute Gasteiger partial charge is 0.479 e. The molecule has 2 rings (SSSR count). The summed E-state index contributed by atoms with van der Waals surface area (Å²) in [7, 11) is 0. The Hall–Kier alpha value is -1.62. The average Bonchev–Trinajstić information content (AvgIpc) is 2.92. The minimum atomic E-state index is -1.26. The maximum absolute atomic E-state index is 13.4. The molecule has 0 heterocycles. The fourth-order valence-electron chi connectivity index (χ4n) is 2.68. The fourth-order valence-corrected chi connectivity index (χ4v) is 2.79.